The molecule has 0 bridgehead atoms. The molecule has 0 aromatic carbocycles. The Hall–Kier alpha value is -0.990. The van der Waals surface area contributed by atoms with Crippen molar-refractivity contribution in [1.82, 2.24) is 0 Å². The third kappa shape index (κ3) is 3.95. The van der Waals surface area contributed by atoms with E-state index < -0.39 is 5.91 Å². The van der Waals surface area contributed by atoms with E-state index in [2.05, 4.69) is 6.92 Å². The summed E-state index contributed by atoms with van der Waals surface area (Å²) in [6.07, 6.45) is 4.66. The minimum Gasteiger partial charge on any atom is -0.395 e. The minimum absolute atomic E-state index is 0.174. The Labute approximate surface area is 61.1 Å². The van der Waals surface area contributed by atoms with Gasteiger partial charge in [-0.05, 0) is 12.8 Å². The van der Waals surface area contributed by atoms with Gasteiger partial charge in [-0.15, -0.1) is 0 Å². The first-order valence-electron chi connectivity index (χ1n) is 3.44. The molecule has 0 unspecified atom stereocenters. The average Bonchev–Trinajstić information content (AvgIpc) is 1.88. The van der Waals surface area contributed by atoms with Crippen LogP contribution in [0.4, 0.5) is 0 Å². The Balaban J connectivity index is 3.58. The molecule has 3 nitrogen and oxygen atoms in total. The normalized spacial score (nSPS) is 11.5. The van der Waals surface area contributed by atoms with Gasteiger partial charge in [0.05, 0.1) is 5.70 Å². The standard InChI is InChI=1S/C7H14N2O/c1-2-3-4-5-6(8)7(9)10/h5H,2-4,8H2,1H3,(H2,9,10)/b6-5-. The molecule has 0 radical (unpaired) electrons. The van der Waals surface area contributed by atoms with E-state index in [1.165, 1.54) is 0 Å². The lowest BCUT2D eigenvalue weighted by Gasteiger charge is -1.93. The highest BCUT2D eigenvalue weighted by Gasteiger charge is 1.94. The summed E-state index contributed by atoms with van der Waals surface area (Å²) in [6, 6.07) is 0. The number of nitrogens with two attached hydrogens (primary N) is 2. The molecular weight excluding hydrogens is 128 g/mol. The van der Waals surface area contributed by atoms with E-state index >= 15 is 0 Å². The summed E-state index contributed by atoms with van der Waals surface area (Å²) in [6.45, 7) is 2.08. The maximum Gasteiger partial charge on any atom is 0.264 e. The van der Waals surface area contributed by atoms with Crippen molar-refractivity contribution in [3.63, 3.8) is 0 Å². The lowest BCUT2D eigenvalue weighted by molar-refractivity contribution is -0.114. The molecule has 0 atom stereocenters. The molecule has 0 fully saturated rings. The van der Waals surface area contributed by atoms with Crippen LogP contribution in [0.25, 0.3) is 0 Å². The number of amides is 1. The highest BCUT2D eigenvalue weighted by molar-refractivity contribution is 5.90. The van der Waals surface area contributed by atoms with Crippen molar-refractivity contribution in [3.05, 3.63) is 11.8 Å². The molecule has 0 aliphatic carbocycles. The summed E-state index contributed by atoms with van der Waals surface area (Å²) in [7, 11) is 0. The minimum atomic E-state index is -0.531. The van der Waals surface area contributed by atoms with Gasteiger partial charge in [0.1, 0.15) is 0 Å². The molecule has 10 heavy (non-hydrogen) atoms. The van der Waals surface area contributed by atoms with Gasteiger partial charge in [0.25, 0.3) is 5.91 Å². The SMILES string of the molecule is CCCC/C=C(\N)C(N)=O. The molecule has 0 spiro atoms. The largest absolute Gasteiger partial charge is 0.395 e. The molecule has 0 heterocycles. The van der Waals surface area contributed by atoms with Gasteiger partial charge in [-0.3, -0.25) is 4.79 Å². The quantitative estimate of drug-likeness (QED) is 0.443. The second kappa shape index (κ2) is 4.85. The van der Waals surface area contributed by atoms with Crippen molar-refractivity contribution >= 4 is 5.91 Å². The van der Waals surface area contributed by atoms with E-state index in [1.807, 2.05) is 0 Å². The predicted octanol–water partition coefficient (Wildman–Crippen LogP) is 0.505. The van der Waals surface area contributed by atoms with Crippen LogP contribution in [-0.4, -0.2) is 5.91 Å². The molecule has 3 heteroatoms. The summed E-state index contributed by atoms with van der Waals surface area (Å²) in [5.41, 5.74) is 10.3. The Morgan fingerprint density at radius 1 is 1.50 bits per heavy atom. The van der Waals surface area contributed by atoms with Gasteiger partial charge in [-0.1, -0.05) is 19.4 Å². The topological polar surface area (TPSA) is 69.1 Å². The van der Waals surface area contributed by atoms with E-state index in [0.717, 1.165) is 19.3 Å². The Morgan fingerprint density at radius 3 is 2.50 bits per heavy atom. The van der Waals surface area contributed by atoms with Gasteiger partial charge in [0.2, 0.25) is 0 Å². The third-order valence-electron chi connectivity index (χ3n) is 1.21. The second-order valence-electron chi connectivity index (χ2n) is 2.17. The van der Waals surface area contributed by atoms with Crippen molar-refractivity contribution in [3.8, 4) is 0 Å². The zero-order chi connectivity index (χ0) is 7.98. The molecule has 0 aliphatic heterocycles. The average molecular weight is 142 g/mol. The van der Waals surface area contributed by atoms with Crippen LogP contribution in [0.1, 0.15) is 26.2 Å². The van der Waals surface area contributed by atoms with Crippen LogP contribution in [-0.2, 0) is 4.79 Å². The van der Waals surface area contributed by atoms with E-state index in [4.69, 9.17) is 11.5 Å². The molecule has 1 amide bonds. The summed E-state index contributed by atoms with van der Waals surface area (Å²) < 4.78 is 0. The fourth-order valence-corrected chi connectivity index (χ4v) is 0.562. The summed E-state index contributed by atoms with van der Waals surface area (Å²) in [4.78, 5) is 10.3. The predicted molar refractivity (Wildman–Crippen MR) is 41.0 cm³/mol. The first-order chi connectivity index (χ1) is 4.68. The van der Waals surface area contributed by atoms with Crippen LogP contribution >= 0.6 is 0 Å². The van der Waals surface area contributed by atoms with Gasteiger partial charge in [-0.25, -0.2) is 0 Å². The van der Waals surface area contributed by atoms with Crippen molar-refractivity contribution < 1.29 is 4.79 Å². The highest BCUT2D eigenvalue weighted by atomic mass is 16.1. The summed E-state index contributed by atoms with van der Waals surface area (Å²) in [5.74, 6) is -0.531. The lowest BCUT2D eigenvalue weighted by atomic mass is 10.2. The lowest BCUT2D eigenvalue weighted by Crippen LogP contribution is -2.19. The van der Waals surface area contributed by atoms with Gasteiger partial charge in [0, 0.05) is 0 Å². The number of hydrogen-bond acceptors (Lipinski definition) is 2. The first-order valence-corrected chi connectivity index (χ1v) is 3.44. The van der Waals surface area contributed by atoms with Crippen molar-refractivity contribution in [2.75, 3.05) is 0 Å². The Kier molecular flexibility index (Phi) is 4.37. The monoisotopic (exact) mass is 142 g/mol. The van der Waals surface area contributed by atoms with E-state index in [-0.39, 0.29) is 5.70 Å². The number of allylic oxidation sites excluding steroid dienone is 1. The molecule has 0 aromatic rings. The zero-order valence-corrected chi connectivity index (χ0v) is 6.26. The Morgan fingerprint density at radius 2 is 2.10 bits per heavy atom. The Bertz CT molecular complexity index is 141. The number of carbonyl (C=O) groups excluding carboxylic acids is 1. The van der Waals surface area contributed by atoms with Gasteiger partial charge >= 0.3 is 0 Å². The molecule has 0 saturated carbocycles. The molecule has 0 saturated heterocycles. The number of primary amides is 1. The van der Waals surface area contributed by atoms with Crippen molar-refractivity contribution in [2.45, 2.75) is 26.2 Å². The maximum atomic E-state index is 10.3. The van der Waals surface area contributed by atoms with Gasteiger partial charge in [-0.2, -0.15) is 0 Å². The van der Waals surface area contributed by atoms with Crippen molar-refractivity contribution in [1.29, 1.82) is 0 Å². The van der Waals surface area contributed by atoms with E-state index in [9.17, 15) is 4.79 Å². The zero-order valence-electron chi connectivity index (χ0n) is 6.26. The second-order valence-corrected chi connectivity index (χ2v) is 2.17. The number of carbonyl (C=O) groups is 1. The third-order valence-corrected chi connectivity index (χ3v) is 1.21. The smallest absolute Gasteiger partial charge is 0.264 e. The summed E-state index contributed by atoms with van der Waals surface area (Å²) >= 11 is 0. The molecule has 0 aliphatic rings. The van der Waals surface area contributed by atoms with Crippen LogP contribution < -0.4 is 11.5 Å². The molecule has 0 rings (SSSR count). The van der Waals surface area contributed by atoms with Gasteiger partial charge < -0.3 is 11.5 Å². The molecular formula is C7H14N2O. The van der Waals surface area contributed by atoms with Crippen LogP contribution in [0.3, 0.4) is 0 Å². The van der Waals surface area contributed by atoms with Crippen LogP contribution in [0.5, 0.6) is 0 Å². The van der Waals surface area contributed by atoms with Crippen LogP contribution in [0.15, 0.2) is 11.8 Å². The van der Waals surface area contributed by atoms with Gasteiger partial charge in [0.15, 0.2) is 0 Å². The molecule has 0 aromatic heterocycles. The van der Waals surface area contributed by atoms with Crippen LogP contribution in [0.2, 0.25) is 0 Å². The number of hydrogen-bond donors (Lipinski definition) is 2. The molecule has 4 N–H and O–H groups in total. The fraction of sp³-hybridized carbons (Fsp3) is 0.571. The fourth-order valence-electron chi connectivity index (χ4n) is 0.562. The highest BCUT2D eigenvalue weighted by Crippen LogP contribution is 1.96. The molecule has 58 valence electrons. The number of unbranched alkanes of at least 4 members (excludes halogenated alkanes) is 2. The maximum absolute atomic E-state index is 10.3. The first kappa shape index (κ1) is 9.01. The number of rotatable bonds is 4. The van der Waals surface area contributed by atoms with E-state index in [1.54, 1.807) is 6.08 Å². The van der Waals surface area contributed by atoms with E-state index in [0.29, 0.717) is 0 Å². The summed E-state index contributed by atoms with van der Waals surface area (Å²) in [5, 5.41) is 0. The van der Waals surface area contributed by atoms with Crippen LogP contribution in [0, 0.1) is 0 Å². The van der Waals surface area contributed by atoms with Crippen molar-refractivity contribution in [2.24, 2.45) is 11.5 Å².